The summed E-state index contributed by atoms with van der Waals surface area (Å²) in [6, 6.07) is 6.35. The Balaban J connectivity index is 2.23. The lowest BCUT2D eigenvalue weighted by Crippen LogP contribution is -2.13. The van der Waals surface area contributed by atoms with E-state index in [9.17, 15) is 0 Å². The van der Waals surface area contributed by atoms with Crippen molar-refractivity contribution in [2.24, 2.45) is 0 Å². The predicted molar refractivity (Wildman–Crippen MR) is 83.7 cm³/mol. The average Bonchev–Trinajstić information content (AvgIpc) is 2.82. The fourth-order valence-corrected chi connectivity index (χ4v) is 2.53. The van der Waals surface area contributed by atoms with E-state index in [-0.39, 0.29) is 5.41 Å². The molecule has 0 saturated carbocycles. The summed E-state index contributed by atoms with van der Waals surface area (Å²) in [5, 5.41) is 8.13. The smallest absolute Gasteiger partial charge is 0.136 e. The minimum absolute atomic E-state index is 0.0508. The molecule has 0 atom stereocenters. The number of hydrogen-bond acceptors (Lipinski definition) is 5. The maximum Gasteiger partial charge on any atom is 0.136 e. The first-order chi connectivity index (χ1) is 9.41. The van der Waals surface area contributed by atoms with Gasteiger partial charge in [0, 0.05) is 18.6 Å². The molecule has 1 aromatic heterocycles. The van der Waals surface area contributed by atoms with Gasteiger partial charge in [-0.1, -0.05) is 37.4 Å². The maximum atomic E-state index is 6.00. The van der Waals surface area contributed by atoms with Crippen molar-refractivity contribution in [3.8, 4) is 5.75 Å². The van der Waals surface area contributed by atoms with Crippen LogP contribution in [0.5, 0.6) is 5.75 Å². The third-order valence-electron chi connectivity index (χ3n) is 3.09. The topological polar surface area (TPSA) is 47.0 Å². The van der Waals surface area contributed by atoms with Crippen LogP contribution >= 0.6 is 11.5 Å². The van der Waals surface area contributed by atoms with E-state index in [0.717, 1.165) is 16.4 Å². The van der Waals surface area contributed by atoms with Crippen LogP contribution in [0, 0.1) is 6.92 Å². The molecule has 0 aliphatic rings. The molecule has 108 valence electrons. The maximum absolute atomic E-state index is 6.00. The van der Waals surface area contributed by atoms with Gasteiger partial charge in [0.05, 0.1) is 0 Å². The quantitative estimate of drug-likeness (QED) is 0.931. The van der Waals surface area contributed by atoms with Gasteiger partial charge in [0.15, 0.2) is 0 Å². The Morgan fingerprint density at radius 1 is 1.30 bits per heavy atom. The molecule has 0 amide bonds. The van der Waals surface area contributed by atoms with Gasteiger partial charge in [0.25, 0.3) is 0 Å². The number of rotatable bonds is 4. The van der Waals surface area contributed by atoms with Crippen LogP contribution in [0.25, 0.3) is 0 Å². The van der Waals surface area contributed by atoms with Gasteiger partial charge in [-0.2, -0.15) is 0 Å². The Morgan fingerprint density at radius 3 is 2.70 bits per heavy atom. The van der Waals surface area contributed by atoms with Crippen LogP contribution in [0.3, 0.4) is 0 Å². The standard InChI is InChI=1S/C15H21N3OS/c1-10-6-7-11(15(2,3)4)13(8-10)19-9-12-14(16-5)20-18-17-12/h6-8,16H,9H2,1-5H3. The number of hydrogen-bond donors (Lipinski definition) is 1. The van der Waals surface area contributed by atoms with Gasteiger partial charge in [-0.25, -0.2) is 0 Å². The zero-order chi connectivity index (χ0) is 14.8. The van der Waals surface area contributed by atoms with Crippen LogP contribution in [0.1, 0.15) is 37.6 Å². The van der Waals surface area contributed by atoms with Gasteiger partial charge < -0.3 is 10.1 Å². The van der Waals surface area contributed by atoms with Crippen LogP contribution in [0.15, 0.2) is 18.2 Å². The molecular formula is C15H21N3OS. The average molecular weight is 291 g/mol. The van der Waals surface area contributed by atoms with Crippen molar-refractivity contribution in [2.45, 2.75) is 39.7 Å². The summed E-state index contributed by atoms with van der Waals surface area (Å²) in [6.07, 6.45) is 0. The lowest BCUT2D eigenvalue weighted by atomic mass is 9.86. The molecule has 1 heterocycles. The number of nitrogens with zero attached hydrogens (tertiary/aromatic N) is 2. The molecule has 20 heavy (non-hydrogen) atoms. The Kier molecular flexibility index (Phi) is 4.28. The zero-order valence-corrected chi connectivity index (χ0v) is 13.5. The Labute approximate surface area is 124 Å². The van der Waals surface area contributed by atoms with Gasteiger partial charge in [0.1, 0.15) is 23.1 Å². The van der Waals surface area contributed by atoms with Crippen molar-refractivity contribution in [3.63, 3.8) is 0 Å². The fourth-order valence-electron chi connectivity index (χ4n) is 2.01. The van der Waals surface area contributed by atoms with Crippen LogP contribution in [0.2, 0.25) is 0 Å². The number of benzene rings is 1. The van der Waals surface area contributed by atoms with Gasteiger partial charge in [0.2, 0.25) is 0 Å². The minimum Gasteiger partial charge on any atom is -0.487 e. The van der Waals surface area contributed by atoms with Crippen molar-refractivity contribution in [3.05, 3.63) is 35.0 Å². The second kappa shape index (κ2) is 5.79. The van der Waals surface area contributed by atoms with Crippen molar-refractivity contribution in [2.75, 3.05) is 12.4 Å². The summed E-state index contributed by atoms with van der Waals surface area (Å²) < 4.78 is 9.94. The molecule has 0 unspecified atom stereocenters. The number of nitrogens with one attached hydrogen (secondary N) is 1. The molecule has 2 rings (SSSR count). The molecule has 0 aliphatic heterocycles. The van der Waals surface area contributed by atoms with Gasteiger partial charge >= 0.3 is 0 Å². The van der Waals surface area contributed by atoms with E-state index in [1.165, 1.54) is 22.7 Å². The molecule has 0 spiro atoms. The molecule has 0 saturated heterocycles. The van der Waals surface area contributed by atoms with Crippen molar-refractivity contribution < 1.29 is 4.74 Å². The Hall–Kier alpha value is -1.62. The highest BCUT2D eigenvalue weighted by atomic mass is 32.1. The van der Waals surface area contributed by atoms with E-state index in [0.29, 0.717) is 6.61 Å². The second-order valence-corrected chi connectivity index (χ2v) is 6.59. The highest BCUT2D eigenvalue weighted by molar-refractivity contribution is 7.10. The number of ether oxygens (including phenoxy) is 1. The predicted octanol–water partition coefficient (Wildman–Crippen LogP) is 3.76. The van der Waals surface area contributed by atoms with Crippen LogP contribution in [-0.4, -0.2) is 16.6 Å². The van der Waals surface area contributed by atoms with Crippen molar-refractivity contribution >= 4 is 16.5 Å². The van der Waals surface area contributed by atoms with E-state index in [4.69, 9.17) is 4.74 Å². The van der Waals surface area contributed by atoms with Crippen LogP contribution in [0.4, 0.5) is 5.00 Å². The molecular weight excluding hydrogens is 270 g/mol. The molecule has 5 heteroatoms. The monoisotopic (exact) mass is 291 g/mol. The molecule has 2 aromatic rings. The van der Waals surface area contributed by atoms with E-state index < -0.39 is 0 Å². The third-order valence-corrected chi connectivity index (χ3v) is 3.88. The third kappa shape index (κ3) is 3.28. The van der Waals surface area contributed by atoms with Gasteiger partial charge in [-0.15, -0.1) is 5.10 Å². The first-order valence-corrected chi connectivity index (χ1v) is 7.42. The molecule has 0 radical (unpaired) electrons. The summed E-state index contributed by atoms with van der Waals surface area (Å²) in [7, 11) is 1.87. The molecule has 0 aliphatic carbocycles. The normalized spacial score (nSPS) is 11.4. The summed E-state index contributed by atoms with van der Waals surface area (Å²) in [4.78, 5) is 0. The number of aromatic nitrogens is 2. The lowest BCUT2D eigenvalue weighted by molar-refractivity contribution is 0.293. The first kappa shape index (κ1) is 14.8. The van der Waals surface area contributed by atoms with Crippen LogP contribution < -0.4 is 10.1 Å². The number of anilines is 1. The highest BCUT2D eigenvalue weighted by Crippen LogP contribution is 2.32. The Bertz CT molecular complexity index is 587. The largest absolute Gasteiger partial charge is 0.487 e. The zero-order valence-electron chi connectivity index (χ0n) is 12.7. The summed E-state index contributed by atoms with van der Waals surface area (Å²) in [5.41, 5.74) is 3.30. The van der Waals surface area contributed by atoms with Crippen molar-refractivity contribution in [1.82, 2.24) is 9.59 Å². The lowest BCUT2D eigenvalue weighted by Gasteiger charge is -2.23. The summed E-state index contributed by atoms with van der Waals surface area (Å²) in [5.74, 6) is 0.924. The second-order valence-electron chi connectivity index (χ2n) is 5.84. The van der Waals surface area contributed by atoms with Gasteiger partial charge in [-0.05, 0) is 29.5 Å². The van der Waals surface area contributed by atoms with Crippen LogP contribution in [-0.2, 0) is 12.0 Å². The first-order valence-electron chi connectivity index (χ1n) is 6.64. The van der Waals surface area contributed by atoms with E-state index >= 15 is 0 Å². The van der Waals surface area contributed by atoms with Crippen molar-refractivity contribution in [1.29, 1.82) is 0 Å². The molecule has 0 bridgehead atoms. The summed E-state index contributed by atoms with van der Waals surface area (Å²) >= 11 is 1.35. The Morgan fingerprint density at radius 2 is 2.05 bits per heavy atom. The van der Waals surface area contributed by atoms with E-state index in [1.54, 1.807) is 0 Å². The number of aryl methyl sites for hydroxylation is 1. The fraction of sp³-hybridized carbons (Fsp3) is 0.467. The molecule has 0 fully saturated rings. The van der Waals surface area contributed by atoms with E-state index in [2.05, 4.69) is 60.8 Å². The molecule has 1 N–H and O–H groups in total. The molecule has 4 nitrogen and oxygen atoms in total. The van der Waals surface area contributed by atoms with E-state index in [1.807, 2.05) is 7.05 Å². The minimum atomic E-state index is 0.0508. The summed E-state index contributed by atoms with van der Waals surface area (Å²) in [6.45, 7) is 9.07. The SMILES string of the molecule is CNc1snnc1COc1cc(C)ccc1C(C)(C)C. The molecule has 1 aromatic carbocycles. The van der Waals surface area contributed by atoms with Gasteiger partial charge in [-0.3, -0.25) is 0 Å². The highest BCUT2D eigenvalue weighted by Gasteiger charge is 2.19.